The van der Waals surface area contributed by atoms with E-state index in [1.807, 2.05) is 0 Å². The highest BCUT2D eigenvalue weighted by molar-refractivity contribution is 5.56. The molecule has 94 valence electrons. The molecule has 1 aliphatic rings. The van der Waals surface area contributed by atoms with Crippen LogP contribution in [0.4, 0.5) is 13.2 Å². The monoisotopic (exact) mass is 247 g/mol. The molecular weight excluding hydrogens is 235 g/mol. The SMILES string of the molecule is NCC1(c2c(C(F)(F)F)ccc(O)c2O)CC1. The summed E-state index contributed by atoms with van der Waals surface area (Å²) in [4.78, 5) is 0. The number of aromatic hydroxyl groups is 2. The van der Waals surface area contributed by atoms with Crippen LogP contribution >= 0.6 is 0 Å². The molecule has 0 unspecified atom stereocenters. The van der Waals surface area contributed by atoms with Crippen LogP contribution in [-0.2, 0) is 11.6 Å². The van der Waals surface area contributed by atoms with Gasteiger partial charge in [-0.2, -0.15) is 13.2 Å². The van der Waals surface area contributed by atoms with Gasteiger partial charge in [-0.3, -0.25) is 0 Å². The smallest absolute Gasteiger partial charge is 0.416 e. The number of phenolic OH excluding ortho intramolecular Hbond substituents is 2. The maximum Gasteiger partial charge on any atom is 0.416 e. The van der Waals surface area contributed by atoms with Crippen molar-refractivity contribution in [1.82, 2.24) is 0 Å². The minimum atomic E-state index is -4.56. The third-order valence-corrected chi connectivity index (χ3v) is 3.24. The Morgan fingerprint density at radius 1 is 1.24 bits per heavy atom. The second-order valence-corrected chi connectivity index (χ2v) is 4.34. The molecule has 0 aliphatic heterocycles. The molecule has 2 rings (SSSR count). The summed E-state index contributed by atoms with van der Waals surface area (Å²) in [7, 11) is 0. The van der Waals surface area contributed by atoms with Gasteiger partial charge in [0.25, 0.3) is 0 Å². The summed E-state index contributed by atoms with van der Waals surface area (Å²) in [5.74, 6) is -1.25. The highest BCUT2D eigenvalue weighted by Gasteiger charge is 2.50. The van der Waals surface area contributed by atoms with Crippen LogP contribution in [0.3, 0.4) is 0 Å². The molecule has 0 heterocycles. The van der Waals surface area contributed by atoms with Crippen molar-refractivity contribution in [3.63, 3.8) is 0 Å². The molecule has 1 aromatic carbocycles. The van der Waals surface area contributed by atoms with Crippen LogP contribution in [0.1, 0.15) is 24.0 Å². The van der Waals surface area contributed by atoms with E-state index >= 15 is 0 Å². The van der Waals surface area contributed by atoms with Crippen molar-refractivity contribution in [3.8, 4) is 11.5 Å². The van der Waals surface area contributed by atoms with Crippen LogP contribution in [-0.4, -0.2) is 16.8 Å². The molecule has 4 N–H and O–H groups in total. The van der Waals surface area contributed by atoms with Crippen LogP contribution in [0.5, 0.6) is 11.5 Å². The Bertz CT molecular complexity index is 453. The zero-order valence-corrected chi connectivity index (χ0v) is 8.88. The third kappa shape index (κ3) is 1.82. The molecule has 1 aromatic rings. The summed E-state index contributed by atoms with van der Waals surface area (Å²) >= 11 is 0. The Labute approximate surface area is 95.7 Å². The van der Waals surface area contributed by atoms with E-state index in [1.54, 1.807) is 0 Å². The highest BCUT2D eigenvalue weighted by atomic mass is 19.4. The van der Waals surface area contributed by atoms with Crippen molar-refractivity contribution in [3.05, 3.63) is 23.3 Å². The number of hydrogen-bond acceptors (Lipinski definition) is 3. The van der Waals surface area contributed by atoms with Gasteiger partial charge < -0.3 is 15.9 Å². The first-order chi connectivity index (χ1) is 7.82. The fraction of sp³-hybridized carbons (Fsp3) is 0.455. The third-order valence-electron chi connectivity index (χ3n) is 3.24. The molecule has 1 fully saturated rings. The minimum absolute atomic E-state index is 0.0209. The van der Waals surface area contributed by atoms with Crippen LogP contribution in [0, 0.1) is 0 Å². The van der Waals surface area contributed by atoms with Crippen LogP contribution in [0.25, 0.3) is 0 Å². The summed E-state index contributed by atoms with van der Waals surface area (Å²) in [6.07, 6.45) is -3.58. The topological polar surface area (TPSA) is 66.5 Å². The summed E-state index contributed by atoms with van der Waals surface area (Å²) in [6.45, 7) is 0.0209. The molecule has 0 radical (unpaired) electrons. The Hall–Kier alpha value is -1.43. The van der Waals surface area contributed by atoms with Crippen molar-refractivity contribution in [2.75, 3.05) is 6.54 Å². The Morgan fingerprint density at radius 3 is 2.24 bits per heavy atom. The Balaban J connectivity index is 2.66. The van der Waals surface area contributed by atoms with Crippen LogP contribution < -0.4 is 5.73 Å². The van der Waals surface area contributed by atoms with Gasteiger partial charge in [0.05, 0.1) is 5.56 Å². The molecule has 1 aliphatic carbocycles. The summed E-state index contributed by atoms with van der Waals surface area (Å²) in [5, 5.41) is 19.0. The van der Waals surface area contributed by atoms with Crippen LogP contribution in [0.2, 0.25) is 0 Å². The zero-order valence-electron chi connectivity index (χ0n) is 8.88. The number of benzene rings is 1. The predicted octanol–water partition coefficient (Wildman–Crippen LogP) is 2.11. The van der Waals surface area contributed by atoms with Gasteiger partial charge >= 0.3 is 6.18 Å². The first-order valence-electron chi connectivity index (χ1n) is 5.14. The fourth-order valence-electron chi connectivity index (χ4n) is 2.06. The van der Waals surface area contributed by atoms with Gasteiger partial charge in [-0.1, -0.05) is 0 Å². The zero-order chi connectivity index (χ0) is 12.8. The summed E-state index contributed by atoms with van der Waals surface area (Å²) < 4.78 is 38.5. The molecule has 17 heavy (non-hydrogen) atoms. The summed E-state index contributed by atoms with van der Waals surface area (Å²) in [6, 6.07) is 1.62. The lowest BCUT2D eigenvalue weighted by Gasteiger charge is -2.21. The highest BCUT2D eigenvalue weighted by Crippen LogP contribution is 2.55. The van der Waals surface area contributed by atoms with E-state index in [2.05, 4.69) is 0 Å². The van der Waals surface area contributed by atoms with E-state index < -0.39 is 28.7 Å². The molecule has 3 nitrogen and oxygen atoms in total. The quantitative estimate of drug-likeness (QED) is 0.701. The molecule has 0 bridgehead atoms. The molecule has 0 saturated heterocycles. The van der Waals surface area contributed by atoms with Crippen molar-refractivity contribution in [1.29, 1.82) is 0 Å². The van der Waals surface area contributed by atoms with Crippen molar-refractivity contribution < 1.29 is 23.4 Å². The lowest BCUT2D eigenvalue weighted by Crippen LogP contribution is -2.24. The van der Waals surface area contributed by atoms with E-state index in [4.69, 9.17) is 5.73 Å². The van der Waals surface area contributed by atoms with Gasteiger partial charge in [-0.05, 0) is 25.0 Å². The van der Waals surface area contributed by atoms with E-state index in [0.29, 0.717) is 12.8 Å². The summed E-state index contributed by atoms with van der Waals surface area (Å²) in [5.41, 5.74) is 3.44. The number of rotatable bonds is 2. The molecule has 0 spiro atoms. The Morgan fingerprint density at radius 2 is 1.82 bits per heavy atom. The first kappa shape index (κ1) is 12.0. The van der Waals surface area contributed by atoms with Gasteiger partial charge in [0, 0.05) is 17.5 Å². The standard InChI is InChI=1S/C11H12F3NO2/c12-11(13,14)6-1-2-7(16)9(17)8(6)10(5-15)3-4-10/h1-2,16-17H,3-5,15H2. The molecule has 0 aromatic heterocycles. The first-order valence-corrected chi connectivity index (χ1v) is 5.14. The normalized spacial score (nSPS) is 18.1. The van der Waals surface area contributed by atoms with Gasteiger partial charge in [0.1, 0.15) is 0 Å². The van der Waals surface area contributed by atoms with Crippen molar-refractivity contribution >= 4 is 0 Å². The fourth-order valence-corrected chi connectivity index (χ4v) is 2.06. The number of hydrogen-bond donors (Lipinski definition) is 3. The second-order valence-electron chi connectivity index (χ2n) is 4.34. The number of halogens is 3. The number of alkyl halides is 3. The average Bonchev–Trinajstić information content (AvgIpc) is 3.01. The molecular formula is C11H12F3NO2. The average molecular weight is 247 g/mol. The van der Waals surface area contributed by atoms with Gasteiger partial charge in [-0.25, -0.2) is 0 Å². The van der Waals surface area contributed by atoms with E-state index in [-0.39, 0.29) is 12.1 Å². The number of nitrogens with two attached hydrogens (primary N) is 1. The predicted molar refractivity (Wildman–Crippen MR) is 54.7 cm³/mol. The Kier molecular flexibility index (Phi) is 2.50. The molecule has 1 saturated carbocycles. The second kappa shape index (κ2) is 3.53. The van der Waals surface area contributed by atoms with Crippen molar-refractivity contribution in [2.24, 2.45) is 5.73 Å². The maximum absolute atomic E-state index is 12.8. The maximum atomic E-state index is 12.8. The number of phenols is 2. The van der Waals surface area contributed by atoms with E-state index in [9.17, 15) is 23.4 Å². The minimum Gasteiger partial charge on any atom is -0.504 e. The molecule has 0 amide bonds. The largest absolute Gasteiger partial charge is 0.504 e. The van der Waals surface area contributed by atoms with Gasteiger partial charge in [0.2, 0.25) is 0 Å². The van der Waals surface area contributed by atoms with Crippen molar-refractivity contribution in [2.45, 2.75) is 24.4 Å². The van der Waals surface area contributed by atoms with Gasteiger partial charge in [0.15, 0.2) is 11.5 Å². The van der Waals surface area contributed by atoms with Crippen LogP contribution in [0.15, 0.2) is 12.1 Å². The molecule has 0 atom stereocenters. The van der Waals surface area contributed by atoms with Gasteiger partial charge in [-0.15, -0.1) is 0 Å². The molecule has 6 heteroatoms. The lowest BCUT2D eigenvalue weighted by molar-refractivity contribution is -0.138. The lowest BCUT2D eigenvalue weighted by atomic mass is 9.89. The van der Waals surface area contributed by atoms with E-state index in [1.165, 1.54) is 0 Å². The van der Waals surface area contributed by atoms with E-state index in [0.717, 1.165) is 12.1 Å².